The second kappa shape index (κ2) is 7.29. The van der Waals surface area contributed by atoms with Crippen LogP contribution in [0.2, 0.25) is 0 Å². The van der Waals surface area contributed by atoms with E-state index in [9.17, 15) is 22.8 Å². The Kier molecular flexibility index (Phi) is 5.38. The Morgan fingerprint density at radius 3 is 2.42 bits per heavy atom. The first-order valence-electron chi connectivity index (χ1n) is 7.33. The monoisotopic (exact) mass is 339 g/mol. The molecule has 1 aromatic carbocycles. The lowest BCUT2D eigenvalue weighted by atomic mass is 10.3. The van der Waals surface area contributed by atoms with Crippen molar-refractivity contribution in [2.45, 2.75) is 19.5 Å². The molecule has 0 aliphatic carbocycles. The molecule has 1 amide bonds. The molecule has 2 aromatic rings. The molecule has 0 bridgehead atoms. The lowest BCUT2D eigenvalue weighted by Gasteiger charge is -2.23. The van der Waals surface area contributed by atoms with Gasteiger partial charge in [0.05, 0.1) is 5.69 Å². The zero-order valence-corrected chi connectivity index (χ0v) is 13.0. The SMILES string of the molecule is CCCN(CC(F)(F)F)C(=O)c1ccc(=O)n(-c2ccccc2)n1. The van der Waals surface area contributed by atoms with E-state index in [1.165, 1.54) is 0 Å². The van der Waals surface area contributed by atoms with Crippen molar-refractivity contribution < 1.29 is 18.0 Å². The summed E-state index contributed by atoms with van der Waals surface area (Å²) < 4.78 is 38.9. The Balaban J connectivity index is 2.37. The predicted molar refractivity (Wildman–Crippen MR) is 82.1 cm³/mol. The number of hydrogen-bond donors (Lipinski definition) is 0. The Labute approximate surface area is 136 Å². The largest absolute Gasteiger partial charge is 0.406 e. The highest BCUT2D eigenvalue weighted by Crippen LogP contribution is 2.18. The van der Waals surface area contributed by atoms with Crippen molar-refractivity contribution in [2.24, 2.45) is 0 Å². The Morgan fingerprint density at radius 1 is 1.17 bits per heavy atom. The van der Waals surface area contributed by atoms with Crippen molar-refractivity contribution in [1.82, 2.24) is 14.7 Å². The summed E-state index contributed by atoms with van der Waals surface area (Å²) in [5.74, 6) is -0.862. The summed E-state index contributed by atoms with van der Waals surface area (Å²) in [6.07, 6.45) is -4.13. The molecule has 128 valence electrons. The molecule has 0 spiro atoms. The van der Waals surface area contributed by atoms with Gasteiger partial charge >= 0.3 is 6.18 Å². The van der Waals surface area contributed by atoms with Crippen LogP contribution in [0, 0.1) is 0 Å². The van der Waals surface area contributed by atoms with E-state index in [2.05, 4.69) is 5.10 Å². The summed E-state index contributed by atoms with van der Waals surface area (Å²) in [7, 11) is 0. The van der Waals surface area contributed by atoms with Gasteiger partial charge in [0.1, 0.15) is 12.2 Å². The minimum Gasteiger partial charge on any atom is -0.328 e. The van der Waals surface area contributed by atoms with Gasteiger partial charge in [-0.15, -0.1) is 0 Å². The highest BCUT2D eigenvalue weighted by molar-refractivity contribution is 5.92. The number of aromatic nitrogens is 2. The molecular formula is C16H16F3N3O2. The predicted octanol–water partition coefficient (Wildman–Crippen LogP) is 2.65. The number of nitrogens with zero attached hydrogens (tertiary/aromatic N) is 3. The molecule has 8 heteroatoms. The average molecular weight is 339 g/mol. The van der Waals surface area contributed by atoms with E-state index < -0.39 is 24.2 Å². The van der Waals surface area contributed by atoms with E-state index in [0.29, 0.717) is 17.0 Å². The molecule has 24 heavy (non-hydrogen) atoms. The second-order valence-electron chi connectivity index (χ2n) is 5.15. The molecule has 0 atom stereocenters. The minimum atomic E-state index is -4.50. The fraction of sp³-hybridized carbons (Fsp3) is 0.312. The third-order valence-corrected chi connectivity index (χ3v) is 3.17. The summed E-state index contributed by atoms with van der Waals surface area (Å²) in [6.45, 7) is 0.269. The second-order valence-corrected chi connectivity index (χ2v) is 5.15. The standard InChI is InChI=1S/C16H16F3N3O2/c1-2-10-21(11-16(17,18)19)15(24)13-8-9-14(23)22(20-13)12-6-4-3-5-7-12/h3-9H,2,10-11H2,1H3. The summed E-state index contributed by atoms with van der Waals surface area (Å²) in [4.78, 5) is 25.0. The van der Waals surface area contributed by atoms with E-state index in [-0.39, 0.29) is 12.2 Å². The van der Waals surface area contributed by atoms with Gasteiger partial charge in [-0.3, -0.25) is 9.59 Å². The van der Waals surface area contributed by atoms with Crippen LogP contribution in [-0.4, -0.2) is 39.9 Å². The van der Waals surface area contributed by atoms with E-state index in [1.54, 1.807) is 37.3 Å². The van der Waals surface area contributed by atoms with Gasteiger partial charge in [-0.05, 0) is 24.6 Å². The van der Waals surface area contributed by atoms with Crippen molar-refractivity contribution in [3.8, 4) is 5.69 Å². The lowest BCUT2D eigenvalue weighted by molar-refractivity contribution is -0.140. The lowest BCUT2D eigenvalue weighted by Crippen LogP contribution is -2.40. The summed E-state index contributed by atoms with van der Waals surface area (Å²) in [6, 6.07) is 10.6. The van der Waals surface area contributed by atoms with Gasteiger partial charge in [0.2, 0.25) is 0 Å². The number of para-hydroxylation sites is 1. The van der Waals surface area contributed by atoms with E-state index in [1.807, 2.05) is 0 Å². The first kappa shape index (κ1) is 17.7. The zero-order valence-electron chi connectivity index (χ0n) is 13.0. The van der Waals surface area contributed by atoms with Crippen LogP contribution in [0.1, 0.15) is 23.8 Å². The molecule has 2 rings (SSSR count). The molecule has 0 unspecified atom stereocenters. The number of hydrogen-bond acceptors (Lipinski definition) is 3. The number of rotatable bonds is 5. The number of amides is 1. The average Bonchev–Trinajstić information content (AvgIpc) is 2.54. The first-order chi connectivity index (χ1) is 11.3. The van der Waals surface area contributed by atoms with Gasteiger partial charge in [0.25, 0.3) is 11.5 Å². The van der Waals surface area contributed by atoms with Crippen LogP contribution in [0.5, 0.6) is 0 Å². The molecule has 5 nitrogen and oxygen atoms in total. The van der Waals surface area contributed by atoms with Crippen molar-refractivity contribution in [3.05, 3.63) is 58.5 Å². The molecular weight excluding hydrogens is 323 g/mol. The molecule has 1 heterocycles. The fourth-order valence-electron chi connectivity index (χ4n) is 2.18. The molecule has 0 fully saturated rings. The zero-order chi connectivity index (χ0) is 17.7. The molecule has 0 N–H and O–H groups in total. The van der Waals surface area contributed by atoms with E-state index >= 15 is 0 Å². The van der Waals surface area contributed by atoms with Crippen molar-refractivity contribution in [3.63, 3.8) is 0 Å². The Hall–Kier alpha value is -2.64. The summed E-state index contributed by atoms with van der Waals surface area (Å²) in [5.41, 5.74) is -0.262. The maximum absolute atomic E-state index is 12.6. The molecule has 0 aliphatic rings. The normalized spacial score (nSPS) is 11.3. The third kappa shape index (κ3) is 4.43. The van der Waals surface area contributed by atoms with Crippen LogP contribution >= 0.6 is 0 Å². The fourth-order valence-corrected chi connectivity index (χ4v) is 2.18. The maximum atomic E-state index is 12.6. The van der Waals surface area contributed by atoms with Crippen LogP contribution < -0.4 is 5.56 Å². The maximum Gasteiger partial charge on any atom is 0.406 e. The van der Waals surface area contributed by atoms with Gasteiger partial charge in [-0.2, -0.15) is 23.0 Å². The van der Waals surface area contributed by atoms with Crippen LogP contribution in [0.4, 0.5) is 13.2 Å². The van der Waals surface area contributed by atoms with Crippen molar-refractivity contribution in [1.29, 1.82) is 0 Å². The van der Waals surface area contributed by atoms with Crippen LogP contribution in [0.3, 0.4) is 0 Å². The topological polar surface area (TPSA) is 55.2 Å². The van der Waals surface area contributed by atoms with Crippen LogP contribution in [-0.2, 0) is 0 Å². The van der Waals surface area contributed by atoms with Gasteiger partial charge < -0.3 is 4.90 Å². The van der Waals surface area contributed by atoms with Crippen LogP contribution in [0.25, 0.3) is 5.69 Å². The third-order valence-electron chi connectivity index (χ3n) is 3.17. The molecule has 1 aromatic heterocycles. The highest BCUT2D eigenvalue weighted by Gasteiger charge is 2.33. The number of alkyl halides is 3. The van der Waals surface area contributed by atoms with E-state index in [0.717, 1.165) is 16.8 Å². The molecule has 0 aliphatic heterocycles. The van der Waals surface area contributed by atoms with Crippen LogP contribution in [0.15, 0.2) is 47.3 Å². The number of carbonyl (C=O) groups is 1. The molecule has 0 saturated carbocycles. The van der Waals surface area contributed by atoms with Gasteiger partial charge in [-0.1, -0.05) is 25.1 Å². The highest BCUT2D eigenvalue weighted by atomic mass is 19.4. The Morgan fingerprint density at radius 2 is 1.83 bits per heavy atom. The number of benzene rings is 1. The van der Waals surface area contributed by atoms with Crippen molar-refractivity contribution in [2.75, 3.05) is 13.1 Å². The number of carbonyl (C=O) groups excluding carboxylic acids is 1. The first-order valence-corrected chi connectivity index (χ1v) is 7.33. The van der Waals surface area contributed by atoms with Gasteiger partial charge in [0.15, 0.2) is 0 Å². The molecule has 0 saturated heterocycles. The van der Waals surface area contributed by atoms with Gasteiger partial charge in [0, 0.05) is 12.6 Å². The van der Waals surface area contributed by atoms with Gasteiger partial charge in [-0.25, -0.2) is 0 Å². The van der Waals surface area contributed by atoms with E-state index in [4.69, 9.17) is 0 Å². The smallest absolute Gasteiger partial charge is 0.328 e. The summed E-state index contributed by atoms with van der Waals surface area (Å²) >= 11 is 0. The molecule has 0 radical (unpaired) electrons. The number of halogens is 3. The Bertz CT molecular complexity index is 757. The minimum absolute atomic E-state index is 0.0511. The summed E-state index contributed by atoms with van der Waals surface area (Å²) in [5, 5.41) is 3.92. The van der Waals surface area contributed by atoms with Crippen molar-refractivity contribution >= 4 is 5.91 Å². The quantitative estimate of drug-likeness (QED) is 0.841.